The molecule has 4 unspecified atom stereocenters. The second-order valence-corrected chi connectivity index (χ2v) is 6.79. The van der Waals surface area contributed by atoms with Gasteiger partial charge in [-0.05, 0) is 35.2 Å². The van der Waals surface area contributed by atoms with Gasteiger partial charge in [-0.15, -0.1) is 0 Å². The largest absolute Gasteiger partial charge is 0.394 e. The Labute approximate surface area is 152 Å². The average Bonchev–Trinajstić information content (AvgIpc) is 2.67. The molecule has 0 spiro atoms. The normalized spacial score (nSPS) is 24.4. The van der Waals surface area contributed by atoms with Gasteiger partial charge in [-0.25, -0.2) is 8.78 Å². The monoisotopic (exact) mass is 362 g/mol. The molecule has 0 aliphatic carbocycles. The number of hydrogen-bond donors (Lipinski definition) is 2. The molecule has 5 heteroatoms. The molecule has 140 valence electrons. The van der Waals surface area contributed by atoms with Gasteiger partial charge in [0.1, 0.15) is 5.82 Å². The molecule has 3 nitrogen and oxygen atoms in total. The third-order valence-corrected chi connectivity index (χ3v) is 4.93. The lowest BCUT2D eigenvalue weighted by Gasteiger charge is -2.32. The van der Waals surface area contributed by atoms with Crippen LogP contribution >= 0.6 is 0 Å². The molecule has 0 aromatic heterocycles. The van der Waals surface area contributed by atoms with Crippen molar-refractivity contribution in [2.24, 2.45) is 0 Å². The highest BCUT2D eigenvalue weighted by atomic mass is 19.1. The molecule has 26 heavy (non-hydrogen) atoms. The van der Waals surface area contributed by atoms with Crippen molar-refractivity contribution in [2.75, 3.05) is 6.61 Å². The van der Waals surface area contributed by atoms with E-state index in [2.05, 4.69) is 0 Å². The molecule has 2 aromatic carbocycles. The summed E-state index contributed by atoms with van der Waals surface area (Å²) >= 11 is 0. The molecule has 0 amide bonds. The van der Waals surface area contributed by atoms with Crippen LogP contribution in [-0.2, 0) is 11.2 Å². The Morgan fingerprint density at radius 3 is 2.54 bits per heavy atom. The molecular formula is C21H24F2O3. The molecule has 1 heterocycles. The molecule has 4 atom stereocenters. The first-order valence-electron chi connectivity index (χ1n) is 8.98. The number of ether oxygens (including phenoxy) is 1. The zero-order valence-corrected chi connectivity index (χ0v) is 14.7. The quantitative estimate of drug-likeness (QED) is 0.845. The van der Waals surface area contributed by atoms with E-state index in [0.717, 1.165) is 12.0 Å². The van der Waals surface area contributed by atoms with Crippen LogP contribution in [-0.4, -0.2) is 29.0 Å². The molecular weight excluding hydrogens is 338 g/mol. The first-order valence-corrected chi connectivity index (χ1v) is 8.98. The van der Waals surface area contributed by atoms with Gasteiger partial charge >= 0.3 is 0 Å². The minimum Gasteiger partial charge on any atom is -0.394 e. The molecule has 0 radical (unpaired) electrons. The Morgan fingerprint density at radius 2 is 1.88 bits per heavy atom. The number of alkyl halides is 1. The van der Waals surface area contributed by atoms with Gasteiger partial charge in [0.2, 0.25) is 0 Å². The van der Waals surface area contributed by atoms with E-state index in [4.69, 9.17) is 4.74 Å². The minimum absolute atomic E-state index is 0.0454. The van der Waals surface area contributed by atoms with E-state index in [1.54, 1.807) is 18.2 Å². The summed E-state index contributed by atoms with van der Waals surface area (Å²) in [6, 6.07) is 11.3. The maximum Gasteiger partial charge on any atom is 0.153 e. The van der Waals surface area contributed by atoms with Crippen molar-refractivity contribution in [3.8, 4) is 0 Å². The molecule has 2 aromatic rings. The highest BCUT2D eigenvalue weighted by Gasteiger charge is 2.30. The standard InChI is InChI=1S/C21H24F2O3/c1-2-13-3-5-14(6-4-13)21(23)18-9-15(7-8-19(18)22)20-11-16(25)10-17(12-24)26-20/h3-9,16-17,20-21,24-25H,2,10-12H2,1H3. The fourth-order valence-electron chi connectivity index (χ4n) is 3.38. The van der Waals surface area contributed by atoms with Crippen LogP contribution in [0.15, 0.2) is 42.5 Å². The van der Waals surface area contributed by atoms with Crippen molar-refractivity contribution in [1.82, 2.24) is 0 Å². The summed E-state index contributed by atoms with van der Waals surface area (Å²) in [5, 5.41) is 19.3. The second kappa shape index (κ2) is 8.25. The Balaban J connectivity index is 1.87. The van der Waals surface area contributed by atoms with Crippen molar-refractivity contribution in [3.63, 3.8) is 0 Å². The summed E-state index contributed by atoms with van der Waals surface area (Å²) in [4.78, 5) is 0. The van der Waals surface area contributed by atoms with Crippen LogP contribution in [0.1, 0.15) is 54.3 Å². The predicted octanol–water partition coefficient (Wildman–Crippen LogP) is 4.02. The van der Waals surface area contributed by atoms with E-state index in [1.807, 2.05) is 19.1 Å². The van der Waals surface area contributed by atoms with E-state index >= 15 is 0 Å². The summed E-state index contributed by atoms with van der Waals surface area (Å²) in [5.74, 6) is -0.615. The van der Waals surface area contributed by atoms with Crippen molar-refractivity contribution in [2.45, 2.75) is 50.7 Å². The van der Waals surface area contributed by atoms with Crippen LogP contribution in [0.25, 0.3) is 0 Å². The highest BCUT2D eigenvalue weighted by molar-refractivity contribution is 5.36. The molecule has 1 aliphatic rings. The lowest BCUT2D eigenvalue weighted by atomic mass is 9.93. The fraction of sp³-hybridized carbons (Fsp3) is 0.429. The number of rotatable bonds is 5. The Bertz CT molecular complexity index is 733. The number of halogens is 2. The first kappa shape index (κ1) is 19.0. The van der Waals surface area contributed by atoms with Crippen LogP contribution in [0, 0.1) is 5.82 Å². The lowest BCUT2D eigenvalue weighted by Crippen LogP contribution is -2.33. The molecule has 1 saturated heterocycles. The number of aryl methyl sites for hydroxylation is 1. The number of benzene rings is 2. The van der Waals surface area contributed by atoms with Crippen molar-refractivity contribution < 1.29 is 23.7 Å². The summed E-state index contributed by atoms with van der Waals surface area (Å²) in [5.41, 5.74) is 2.05. The third-order valence-electron chi connectivity index (χ3n) is 4.93. The minimum atomic E-state index is -1.58. The zero-order valence-electron chi connectivity index (χ0n) is 14.7. The SMILES string of the molecule is CCc1ccc(C(F)c2cc(C3CC(O)CC(CO)O3)ccc2F)cc1. The molecule has 0 saturated carbocycles. The Kier molecular flexibility index (Phi) is 6.01. The van der Waals surface area contributed by atoms with Crippen LogP contribution in [0.5, 0.6) is 0 Å². The van der Waals surface area contributed by atoms with Gasteiger partial charge in [0.25, 0.3) is 0 Å². The van der Waals surface area contributed by atoms with Gasteiger partial charge in [-0.2, -0.15) is 0 Å². The summed E-state index contributed by atoms with van der Waals surface area (Å²) < 4.78 is 35.0. The highest BCUT2D eigenvalue weighted by Crippen LogP contribution is 2.35. The number of hydrogen-bond acceptors (Lipinski definition) is 3. The van der Waals surface area contributed by atoms with Crippen LogP contribution in [0.4, 0.5) is 8.78 Å². The maximum absolute atomic E-state index is 15.0. The van der Waals surface area contributed by atoms with Gasteiger partial charge in [0.05, 0.1) is 24.9 Å². The van der Waals surface area contributed by atoms with E-state index < -0.39 is 30.3 Å². The van der Waals surface area contributed by atoms with Crippen LogP contribution in [0.3, 0.4) is 0 Å². The molecule has 2 N–H and O–H groups in total. The van der Waals surface area contributed by atoms with E-state index in [1.165, 1.54) is 12.1 Å². The summed E-state index contributed by atoms with van der Waals surface area (Å²) in [6.07, 6.45) is -1.61. The average molecular weight is 362 g/mol. The smallest absolute Gasteiger partial charge is 0.153 e. The van der Waals surface area contributed by atoms with Gasteiger partial charge in [-0.1, -0.05) is 37.3 Å². The fourth-order valence-corrected chi connectivity index (χ4v) is 3.38. The van der Waals surface area contributed by atoms with E-state index in [-0.39, 0.29) is 12.2 Å². The van der Waals surface area contributed by atoms with Crippen LogP contribution < -0.4 is 0 Å². The first-order chi connectivity index (χ1) is 12.5. The van der Waals surface area contributed by atoms with Gasteiger partial charge < -0.3 is 14.9 Å². The van der Waals surface area contributed by atoms with E-state index in [0.29, 0.717) is 24.0 Å². The van der Waals surface area contributed by atoms with Gasteiger partial charge in [0.15, 0.2) is 6.17 Å². The molecule has 3 rings (SSSR count). The van der Waals surface area contributed by atoms with Gasteiger partial charge in [-0.3, -0.25) is 0 Å². The Morgan fingerprint density at radius 1 is 1.15 bits per heavy atom. The predicted molar refractivity (Wildman–Crippen MR) is 95.1 cm³/mol. The van der Waals surface area contributed by atoms with Crippen molar-refractivity contribution >= 4 is 0 Å². The lowest BCUT2D eigenvalue weighted by molar-refractivity contribution is -0.113. The van der Waals surface area contributed by atoms with Crippen molar-refractivity contribution in [3.05, 3.63) is 70.5 Å². The summed E-state index contributed by atoms with van der Waals surface area (Å²) in [6.45, 7) is 1.82. The van der Waals surface area contributed by atoms with Crippen LogP contribution in [0.2, 0.25) is 0 Å². The maximum atomic E-state index is 15.0. The molecule has 0 bridgehead atoms. The molecule has 1 aliphatic heterocycles. The number of aliphatic hydroxyl groups is 2. The third kappa shape index (κ3) is 4.11. The zero-order chi connectivity index (χ0) is 18.7. The summed E-state index contributed by atoms with van der Waals surface area (Å²) in [7, 11) is 0. The Hall–Kier alpha value is -1.82. The molecule has 1 fully saturated rings. The van der Waals surface area contributed by atoms with Gasteiger partial charge in [0, 0.05) is 18.4 Å². The topological polar surface area (TPSA) is 49.7 Å². The van der Waals surface area contributed by atoms with Crippen molar-refractivity contribution in [1.29, 1.82) is 0 Å². The van der Waals surface area contributed by atoms with E-state index in [9.17, 15) is 19.0 Å². The number of aliphatic hydroxyl groups excluding tert-OH is 2. The second-order valence-electron chi connectivity index (χ2n) is 6.79.